The van der Waals surface area contributed by atoms with E-state index in [1.54, 1.807) is 39.1 Å². The normalized spacial score (nSPS) is 24.8. The molecule has 1 fully saturated rings. The van der Waals surface area contributed by atoms with Gasteiger partial charge in [0.2, 0.25) is 0 Å². The van der Waals surface area contributed by atoms with Gasteiger partial charge in [-0.2, -0.15) is 0 Å². The summed E-state index contributed by atoms with van der Waals surface area (Å²) in [5, 5.41) is 12.0. The summed E-state index contributed by atoms with van der Waals surface area (Å²) >= 11 is 0. The third kappa shape index (κ3) is 3.71. The van der Waals surface area contributed by atoms with Crippen molar-refractivity contribution in [3.8, 4) is 0 Å². The molecule has 1 aliphatic rings. The molecule has 6 nitrogen and oxygen atoms in total. The molecule has 0 aliphatic heterocycles. The number of carbonyl (C=O) groups is 2. The predicted molar refractivity (Wildman–Crippen MR) is 75.9 cm³/mol. The van der Waals surface area contributed by atoms with Gasteiger partial charge in [0.25, 0.3) is 0 Å². The Bertz CT molecular complexity index is 524. The number of nitrogens with one attached hydrogen (secondary N) is 1. The van der Waals surface area contributed by atoms with Crippen molar-refractivity contribution >= 4 is 12.1 Å². The lowest BCUT2D eigenvalue weighted by Gasteiger charge is -2.42. The van der Waals surface area contributed by atoms with Crippen LogP contribution in [0.3, 0.4) is 0 Å². The van der Waals surface area contributed by atoms with Crippen molar-refractivity contribution < 1.29 is 19.4 Å². The van der Waals surface area contributed by atoms with E-state index in [0.29, 0.717) is 12.1 Å². The van der Waals surface area contributed by atoms with Gasteiger partial charge in [-0.05, 0) is 39.3 Å². The molecule has 2 rings (SSSR count). The number of rotatable bonds is 3. The van der Waals surface area contributed by atoms with Gasteiger partial charge in [-0.25, -0.2) is 4.79 Å². The fraction of sp³-hybridized carbons (Fsp3) is 0.533. The lowest BCUT2D eigenvalue weighted by atomic mass is 9.67. The van der Waals surface area contributed by atoms with E-state index in [0.717, 1.165) is 0 Å². The fourth-order valence-corrected chi connectivity index (χ4v) is 2.50. The number of amides is 1. The Labute approximate surface area is 123 Å². The van der Waals surface area contributed by atoms with E-state index in [-0.39, 0.29) is 12.0 Å². The molecule has 0 aromatic carbocycles. The maximum atomic E-state index is 11.8. The molecule has 1 heterocycles. The first kappa shape index (κ1) is 15.3. The van der Waals surface area contributed by atoms with Crippen LogP contribution >= 0.6 is 0 Å². The number of alkyl carbamates (subject to hydrolysis) is 1. The van der Waals surface area contributed by atoms with Crippen molar-refractivity contribution in [1.82, 2.24) is 10.3 Å². The van der Waals surface area contributed by atoms with Gasteiger partial charge >= 0.3 is 12.1 Å². The number of ether oxygens (including phenoxy) is 1. The molecule has 2 N–H and O–H groups in total. The second-order valence-electron chi connectivity index (χ2n) is 6.21. The summed E-state index contributed by atoms with van der Waals surface area (Å²) < 4.78 is 5.21. The molecule has 21 heavy (non-hydrogen) atoms. The minimum Gasteiger partial charge on any atom is -0.481 e. The van der Waals surface area contributed by atoms with Gasteiger partial charge in [0.15, 0.2) is 0 Å². The molecular weight excluding hydrogens is 272 g/mol. The van der Waals surface area contributed by atoms with Crippen molar-refractivity contribution in [2.75, 3.05) is 0 Å². The van der Waals surface area contributed by atoms with Crippen LogP contribution in [0, 0.1) is 5.92 Å². The number of pyridine rings is 1. The second kappa shape index (κ2) is 5.71. The molecule has 114 valence electrons. The van der Waals surface area contributed by atoms with E-state index >= 15 is 0 Å². The Morgan fingerprint density at radius 3 is 2.62 bits per heavy atom. The van der Waals surface area contributed by atoms with Crippen LogP contribution in [0.25, 0.3) is 0 Å². The highest BCUT2D eigenvalue weighted by Crippen LogP contribution is 2.42. The van der Waals surface area contributed by atoms with Crippen molar-refractivity contribution in [1.29, 1.82) is 0 Å². The molecule has 1 saturated carbocycles. The Hall–Kier alpha value is -2.11. The van der Waals surface area contributed by atoms with Gasteiger partial charge in [0.1, 0.15) is 5.60 Å². The zero-order valence-electron chi connectivity index (χ0n) is 12.4. The van der Waals surface area contributed by atoms with Crippen LogP contribution in [0.4, 0.5) is 4.79 Å². The van der Waals surface area contributed by atoms with E-state index in [1.165, 1.54) is 0 Å². The third-order valence-corrected chi connectivity index (χ3v) is 3.42. The van der Waals surface area contributed by atoms with Crippen LogP contribution in [-0.4, -0.2) is 33.8 Å². The summed E-state index contributed by atoms with van der Waals surface area (Å²) in [6.45, 7) is 5.34. The predicted octanol–water partition coefficient (Wildman–Crippen LogP) is 2.16. The lowest BCUT2D eigenvalue weighted by molar-refractivity contribution is -0.146. The fourth-order valence-electron chi connectivity index (χ4n) is 2.50. The summed E-state index contributed by atoms with van der Waals surface area (Å²) in [5.74, 6) is -1.72. The minimum atomic E-state index is -0.868. The standard InChI is InChI=1S/C15H20N2O4/c1-15(2,3)21-14(20)17-11-8-9(13(18)19)12(11)10-6-4-5-7-16-10/h4-7,9,11-12H,8H2,1-3H3,(H,17,20)(H,18,19). The van der Waals surface area contributed by atoms with E-state index in [9.17, 15) is 14.7 Å². The van der Waals surface area contributed by atoms with E-state index < -0.39 is 23.6 Å². The van der Waals surface area contributed by atoms with Crippen molar-refractivity contribution in [3.05, 3.63) is 30.1 Å². The van der Waals surface area contributed by atoms with Crippen molar-refractivity contribution in [2.45, 2.75) is 44.8 Å². The lowest BCUT2D eigenvalue weighted by Crippen LogP contribution is -2.54. The molecule has 0 spiro atoms. The topological polar surface area (TPSA) is 88.5 Å². The molecule has 1 aliphatic carbocycles. The van der Waals surface area contributed by atoms with Gasteiger partial charge in [-0.3, -0.25) is 9.78 Å². The number of hydrogen-bond donors (Lipinski definition) is 2. The quantitative estimate of drug-likeness (QED) is 0.891. The van der Waals surface area contributed by atoms with Crippen molar-refractivity contribution in [2.24, 2.45) is 5.92 Å². The summed E-state index contributed by atoms with van der Waals surface area (Å²) in [4.78, 5) is 27.3. The number of carboxylic acid groups (broad SMARTS) is 1. The van der Waals surface area contributed by atoms with Gasteiger partial charge in [0.05, 0.1) is 5.92 Å². The first-order valence-electron chi connectivity index (χ1n) is 6.91. The Morgan fingerprint density at radius 1 is 1.38 bits per heavy atom. The second-order valence-corrected chi connectivity index (χ2v) is 6.21. The maximum absolute atomic E-state index is 11.8. The van der Waals surface area contributed by atoms with Crippen LogP contribution in [0.1, 0.15) is 38.8 Å². The molecule has 1 aromatic heterocycles. The van der Waals surface area contributed by atoms with Crippen LogP contribution in [-0.2, 0) is 9.53 Å². The van der Waals surface area contributed by atoms with Gasteiger partial charge < -0.3 is 15.2 Å². The average Bonchev–Trinajstić information content (AvgIpc) is 2.32. The van der Waals surface area contributed by atoms with Crippen LogP contribution < -0.4 is 5.32 Å². The highest BCUT2D eigenvalue weighted by Gasteiger charge is 2.48. The number of nitrogens with zero attached hydrogens (tertiary/aromatic N) is 1. The third-order valence-electron chi connectivity index (χ3n) is 3.42. The van der Waals surface area contributed by atoms with Crippen LogP contribution in [0.2, 0.25) is 0 Å². The van der Waals surface area contributed by atoms with Gasteiger partial charge in [0, 0.05) is 23.9 Å². The molecule has 0 radical (unpaired) electrons. The van der Waals surface area contributed by atoms with Crippen molar-refractivity contribution in [3.63, 3.8) is 0 Å². The molecule has 6 heteroatoms. The van der Waals surface area contributed by atoms with E-state index in [4.69, 9.17) is 4.74 Å². The smallest absolute Gasteiger partial charge is 0.407 e. The Kier molecular flexibility index (Phi) is 4.16. The molecule has 1 aromatic rings. The Morgan fingerprint density at radius 2 is 2.10 bits per heavy atom. The SMILES string of the molecule is CC(C)(C)OC(=O)NC1CC(C(=O)O)C1c1ccccn1. The zero-order chi connectivity index (χ0) is 15.6. The zero-order valence-corrected chi connectivity index (χ0v) is 12.4. The van der Waals surface area contributed by atoms with E-state index in [1.807, 2.05) is 6.07 Å². The largest absolute Gasteiger partial charge is 0.481 e. The van der Waals surface area contributed by atoms with Crippen LogP contribution in [0.15, 0.2) is 24.4 Å². The number of aliphatic carboxylic acids is 1. The Balaban J connectivity index is 2.07. The summed E-state index contributed by atoms with van der Waals surface area (Å²) in [5.41, 5.74) is 0.0952. The number of carboxylic acids is 1. The summed E-state index contributed by atoms with van der Waals surface area (Å²) in [7, 11) is 0. The number of hydrogen-bond acceptors (Lipinski definition) is 4. The highest BCUT2D eigenvalue weighted by atomic mass is 16.6. The first-order valence-corrected chi connectivity index (χ1v) is 6.91. The molecule has 0 saturated heterocycles. The monoisotopic (exact) mass is 292 g/mol. The van der Waals surface area contributed by atoms with E-state index in [2.05, 4.69) is 10.3 Å². The summed E-state index contributed by atoms with van der Waals surface area (Å²) in [6.07, 6.45) is 1.48. The molecule has 3 atom stereocenters. The minimum absolute atomic E-state index is 0.268. The van der Waals surface area contributed by atoms with Gasteiger partial charge in [-0.15, -0.1) is 0 Å². The van der Waals surface area contributed by atoms with Crippen LogP contribution in [0.5, 0.6) is 0 Å². The number of carbonyl (C=O) groups excluding carboxylic acids is 1. The molecule has 3 unspecified atom stereocenters. The molecular formula is C15H20N2O4. The summed E-state index contributed by atoms with van der Waals surface area (Å²) in [6, 6.07) is 5.10. The molecule has 0 bridgehead atoms. The average molecular weight is 292 g/mol. The first-order chi connectivity index (χ1) is 9.78. The highest BCUT2D eigenvalue weighted by molar-refractivity contribution is 5.75. The molecule has 1 amide bonds. The van der Waals surface area contributed by atoms with Gasteiger partial charge in [-0.1, -0.05) is 6.07 Å². The maximum Gasteiger partial charge on any atom is 0.407 e. The number of aromatic nitrogens is 1.